The number of halogens is 2. The van der Waals surface area contributed by atoms with Crippen LogP contribution in [0.3, 0.4) is 0 Å². The highest BCUT2D eigenvalue weighted by Crippen LogP contribution is 2.42. The predicted molar refractivity (Wildman–Crippen MR) is 97.4 cm³/mol. The van der Waals surface area contributed by atoms with Crippen LogP contribution in [0.5, 0.6) is 0 Å². The van der Waals surface area contributed by atoms with Gasteiger partial charge in [0.25, 0.3) is 6.43 Å². The van der Waals surface area contributed by atoms with E-state index < -0.39 is 6.43 Å². The van der Waals surface area contributed by atoms with Gasteiger partial charge in [0.1, 0.15) is 29.5 Å². The Morgan fingerprint density at radius 2 is 1.81 bits per heavy atom. The molecule has 2 bridgehead atoms. The van der Waals surface area contributed by atoms with Crippen LogP contribution in [0.25, 0.3) is 0 Å². The molecule has 4 aliphatic rings. The predicted octanol–water partition coefficient (Wildman–Crippen LogP) is 3.17. The van der Waals surface area contributed by atoms with Gasteiger partial charge in [-0.3, -0.25) is 0 Å². The number of aromatic nitrogens is 4. The molecule has 0 aromatic carbocycles. The monoisotopic (exact) mass is 372 g/mol. The Kier molecular flexibility index (Phi) is 3.77. The van der Waals surface area contributed by atoms with Crippen LogP contribution in [0, 0.1) is 13.8 Å². The maximum absolute atomic E-state index is 13.3. The van der Waals surface area contributed by atoms with Crippen molar-refractivity contribution in [1.82, 2.24) is 19.9 Å². The van der Waals surface area contributed by atoms with Crippen LogP contribution in [0.2, 0.25) is 0 Å². The van der Waals surface area contributed by atoms with Crippen LogP contribution >= 0.6 is 0 Å². The maximum Gasteiger partial charge on any atom is 0.280 e. The van der Waals surface area contributed by atoms with E-state index in [1.165, 1.54) is 6.07 Å². The molecule has 6 rings (SSSR count). The zero-order valence-corrected chi connectivity index (χ0v) is 15.4. The number of rotatable bonds is 4. The fourth-order valence-electron chi connectivity index (χ4n) is 4.24. The van der Waals surface area contributed by atoms with Gasteiger partial charge >= 0.3 is 0 Å². The Bertz CT molecular complexity index is 852. The molecule has 0 N–H and O–H groups in total. The summed E-state index contributed by atoms with van der Waals surface area (Å²) in [7, 11) is 0. The summed E-state index contributed by atoms with van der Waals surface area (Å²) in [6.45, 7) is 5.68. The third-order valence-electron chi connectivity index (χ3n) is 5.98. The van der Waals surface area contributed by atoms with Gasteiger partial charge in [-0.25, -0.2) is 28.7 Å². The van der Waals surface area contributed by atoms with Crippen LogP contribution < -0.4 is 9.80 Å². The Balaban J connectivity index is 1.41. The van der Waals surface area contributed by atoms with Crippen molar-refractivity contribution in [3.63, 3.8) is 0 Å². The fourth-order valence-corrected chi connectivity index (χ4v) is 4.24. The summed E-state index contributed by atoms with van der Waals surface area (Å²) in [5.74, 6) is 2.49. The molecule has 142 valence electrons. The molecule has 2 aromatic rings. The lowest BCUT2D eigenvalue weighted by Gasteiger charge is -2.57. The lowest BCUT2D eigenvalue weighted by atomic mass is 9.87. The number of aryl methyl sites for hydroxylation is 1. The maximum atomic E-state index is 13.3. The number of alkyl halides is 2. The summed E-state index contributed by atoms with van der Waals surface area (Å²) >= 11 is 0. The largest absolute Gasteiger partial charge is 0.352 e. The minimum absolute atomic E-state index is 0.147. The molecule has 2 aromatic heterocycles. The van der Waals surface area contributed by atoms with E-state index in [-0.39, 0.29) is 23.7 Å². The van der Waals surface area contributed by atoms with Crippen LogP contribution in [0.4, 0.5) is 20.4 Å². The Labute approximate surface area is 156 Å². The number of nitrogens with zero attached hydrogens (tertiary/aromatic N) is 6. The lowest BCUT2D eigenvalue weighted by molar-refractivity contribution is 0.145. The Morgan fingerprint density at radius 1 is 1.07 bits per heavy atom. The first-order valence-electron chi connectivity index (χ1n) is 9.49. The fraction of sp³-hybridized carbons (Fsp3) is 0.579. The summed E-state index contributed by atoms with van der Waals surface area (Å²) in [5.41, 5.74) is 1.94. The molecule has 1 aliphatic carbocycles. The molecule has 0 spiro atoms. The highest BCUT2D eigenvalue weighted by molar-refractivity contribution is 5.55. The number of piperidine rings is 1. The van der Waals surface area contributed by atoms with E-state index in [1.807, 2.05) is 13.8 Å². The quantitative estimate of drug-likeness (QED) is 0.822. The van der Waals surface area contributed by atoms with Crippen LogP contribution in [0.1, 0.15) is 54.4 Å². The van der Waals surface area contributed by atoms with Crippen molar-refractivity contribution in [3.8, 4) is 0 Å². The van der Waals surface area contributed by atoms with Gasteiger partial charge in [-0.1, -0.05) is 0 Å². The molecule has 1 saturated carbocycles. The van der Waals surface area contributed by atoms with Crippen molar-refractivity contribution >= 4 is 11.6 Å². The van der Waals surface area contributed by atoms with E-state index in [4.69, 9.17) is 0 Å². The zero-order valence-electron chi connectivity index (χ0n) is 15.4. The van der Waals surface area contributed by atoms with Crippen LogP contribution in [-0.2, 0) is 0 Å². The van der Waals surface area contributed by atoms with E-state index in [1.54, 1.807) is 6.33 Å². The zero-order chi connectivity index (χ0) is 18.7. The number of piperazine rings is 1. The summed E-state index contributed by atoms with van der Waals surface area (Å²) < 4.78 is 26.6. The number of hydrogen-bond donors (Lipinski definition) is 0. The number of fused-ring (bicyclic) bond motifs is 2. The van der Waals surface area contributed by atoms with E-state index in [0.717, 1.165) is 49.4 Å². The van der Waals surface area contributed by atoms with Gasteiger partial charge < -0.3 is 9.80 Å². The smallest absolute Gasteiger partial charge is 0.280 e. The van der Waals surface area contributed by atoms with E-state index in [0.29, 0.717) is 11.6 Å². The Hall–Kier alpha value is -2.38. The molecule has 5 heterocycles. The standard InChI is InChI=1S/C19H22F2N6/c1-10-11(2)22-9-23-19(10)26-7-13-5-14(8-26)27(13)16-6-15(17(20)21)24-18(25-16)12-3-4-12/h6,9,12-14,17H,3-5,7-8H2,1-2H3. The van der Waals surface area contributed by atoms with Crippen molar-refractivity contribution < 1.29 is 8.78 Å². The van der Waals surface area contributed by atoms with Gasteiger partial charge in [0.2, 0.25) is 0 Å². The normalized spacial score (nSPS) is 24.3. The van der Waals surface area contributed by atoms with Gasteiger partial charge in [0.05, 0.1) is 12.1 Å². The van der Waals surface area contributed by atoms with Crippen molar-refractivity contribution in [2.75, 3.05) is 22.9 Å². The van der Waals surface area contributed by atoms with E-state index >= 15 is 0 Å². The molecule has 27 heavy (non-hydrogen) atoms. The summed E-state index contributed by atoms with van der Waals surface area (Å²) in [6, 6.07) is 2.02. The SMILES string of the molecule is Cc1ncnc(N2CC3CC(C2)N3c2cc(C(F)F)nc(C3CC3)n2)c1C. The second-order valence-corrected chi connectivity index (χ2v) is 7.85. The molecule has 3 saturated heterocycles. The number of anilines is 2. The first-order valence-corrected chi connectivity index (χ1v) is 9.49. The highest BCUT2D eigenvalue weighted by atomic mass is 19.3. The molecule has 3 aliphatic heterocycles. The molecule has 0 radical (unpaired) electrons. The summed E-state index contributed by atoms with van der Waals surface area (Å²) in [6.07, 6.45) is 2.11. The lowest BCUT2D eigenvalue weighted by Crippen LogP contribution is -2.69. The molecular formula is C19H22F2N6. The van der Waals surface area contributed by atoms with E-state index in [2.05, 4.69) is 29.7 Å². The second kappa shape index (κ2) is 6.07. The average Bonchev–Trinajstić information content (AvgIpc) is 3.49. The number of hydrogen-bond acceptors (Lipinski definition) is 6. The average molecular weight is 372 g/mol. The second-order valence-electron chi connectivity index (χ2n) is 7.85. The van der Waals surface area contributed by atoms with Gasteiger partial charge in [0, 0.05) is 36.3 Å². The first kappa shape index (κ1) is 16.8. The van der Waals surface area contributed by atoms with Crippen LogP contribution in [-0.4, -0.2) is 45.1 Å². The molecule has 8 heteroatoms. The van der Waals surface area contributed by atoms with Crippen molar-refractivity contribution in [1.29, 1.82) is 0 Å². The molecule has 0 amide bonds. The molecule has 6 nitrogen and oxygen atoms in total. The van der Waals surface area contributed by atoms with Crippen molar-refractivity contribution in [3.05, 3.63) is 35.2 Å². The van der Waals surface area contributed by atoms with Gasteiger partial charge in [-0.15, -0.1) is 0 Å². The summed E-state index contributed by atoms with van der Waals surface area (Å²) in [5, 5.41) is 0. The summed E-state index contributed by atoms with van der Waals surface area (Å²) in [4.78, 5) is 22.0. The molecular weight excluding hydrogens is 350 g/mol. The van der Waals surface area contributed by atoms with Crippen LogP contribution in [0.15, 0.2) is 12.4 Å². The minimum Gasteiger partial charge on any atom is -0.352 e. The topological polar surface area (TPSA) is 58.0 Å². The highest BCUT2D eigenvalue weighted by Gasteiger charge is 2.46. The van der Waals surface area contributed by atoms with E-state index in [9.17, 15) is 8.78 Å². The third kappa shape index (κ3) is 2.82. The van der Waals surface area contributed by atoms with Crippen molar-refractivity contribution in [2.24, 2.45) is 0 Å². The molecule has 4 fully saturated rings. The molecule has 2 atom stereocenters. The third-order valence-corrected chi connectivity index (χ3v) is 5.98. The molecule has 2 unspecified atom stereocenters. The van der Waals surface area contributed by atoms with Gasteiger partial charge in [-0.05, 0) is 33.1 Å². The van der Waals surface area contributed by atoms with Gasteiger partial charge in [-0.2, -0.15) is 0 Å². The van der Waals surface area contributed by atoms with Crippen molar-refractivity contribution in [2.45, 2.75) is 57.5 Å². The Morgan fingerprint density at radius 3 is 2.48 bits per heavy atom. The first-order chi connectivity index (χ1) is 13.0. The van der Waals surface area contributed by atoms with Gasteiger partial charge in [0.15, 0.2) is 0 Å². The minimum atomic E-state index is -2.56.